The number of H-pyrrole nitrogens is 1. The van der Waals surface area contributed by atoms with Gasteiger partial charge in [-0.3, -0.25) is 4.79 Å². The van der Waals surface area contributed by atoms with E-state index in [-0.39, 0.29) is 5.56 Å². The molecule has 0 aliphatic heterocycles. The fourth-order valence-electron chi connectivity index (χ4n) is 1.44. The third-order valence-electron chi connectivity index (χ3n) is 2.09. The number of aromatic nitrogens is 3. The van der Waals surface area contributed by atoms with E-state index in [1.54, 1.807) is 11.6 Å². The zero-order chi connectivity index (χ0) is 11.0. The largest absolute Gasteiger partial charge is 0.378 e. The normalized spacial score (nSPS) is 11.1. The van der Waals surface area contributed by atoms with Crippen molar-refractivity contribution in [3.05, 3.63) is 31.4 Å². The molecule has 1 N–H and O–H groups in total. The first-order valence-corrected chi connectivity index (χ1v) is 5.47. The van der Waals surface area contributed by atoms with Gasteiger partial charge in [-0.25, -0.2) is 4.52 Å². The highest BCUT2D eigenvalue weighted by atomic mass is 127. The molecule has 0 spiro atoms. The van der Waals surface area contributed by atoms with Crippen molar-refractivity contribution in [3.63, 3.8) is 0 Å². The molecule has 5 nitrogen and oxygen atoms in total. The van der Waals surface area contributed by atoms with Gasteiger partial charge in [0.15, 0.2) is 0 Å². The molecule has 0 fully saturated rings. The van der Waals surface area contributed by atoms with Crippen molar-refractivity contribution in [2.24, 2.45) is 0 Å². The number of aromatic amines is 1. The van der Waals surface area contributed by atoms with E-state index in [2.05, 4.69) is 32.7 Å². The smallest absolute Gasteiger partial charge is 0.251 e. The molecule has 0 aromatic carbocycles. The minimum atomic E-state index is -0.132. The number of rotatable bonds is 2. The number of nitrogens with zero attached hydrogens (tertiary/aromatic N) is 2. The van der Waals surface area contributed by atoms with Crippen molar-refractivity contribution in [2.75, 3.05) is 7.11 Å². The Labute approximate surface area is 99.6 Å². The second-order valence-electron chi connectivity index (χ2n) is 3.22. The van der Waals surface area contributed by atoms with Crippen LogP contribution in [0.4, 0.5) is 0 Å². The number of hydrogen-bond acceptors (Lipinski definition) is 3. The summed E-state index contributed by atoms with van der Waals surface area (Å²) in [7, 11) is 1.59. The van der Waals surface area contributed by atoms with Crippen LogP contribution in [0.1, 0.15) is 11.4 Å². The van der Waals surface area contributed by atoms with Crippen LogP contribution in [0.2, 0.25) is 0 Å². The predicted molar refractivity (Wildman–Crippen MR) is 64.0 cm³/mol. The molecule has 0 bridgehead atoms. The number of fused-ring (bicyclic) bond motifs is 1. The molecular formula is C9H10IN3O2. The first kappa shape index (κ1) is 10.6. The maximum absolute atomic E-state index is 11.4. The average molecular weight is 319 g/mol. The maximum atomic E-state index is 11.4. The molecule has 0 radical (unpaired) electrons. The van der Waals surface area contributed by atoms with Crippen LogP contribution in [0.5, 0.6) is 0 Å². The van der Waals surface area contributed by atoms with Crippen molar-refractivity contribution < 1.29 is 4.74 Å². The van der Waals surface area contributed by atoms with Gasteiger partial charge in [-0.2, -0.15) is 5.10 Å². The Morgan fingerprint density at radius 1 is 1.67 bits per heavy atom. The monoisotopic (exact) mass is 319 g/mol. The summed E-state index contributed by atoms with van der Waals surface area (Å²) >= 11 is 2.17. The van der Waals surface area contributed by atoms with Gasteiger partial charge < -0.3 is 9.72 Å². The second-order valence-corrected chi connectivity index (χ2v) is 4.30. The minimum Gasteiger partial charge on any atom is -0.378 e. The molecule has 2 heterocycles. The summed E-state index contributed by atoms with van der Waals surface area (Å²) in [5.41, 5.74) is 2.25. The highest BCUT2D eigenvalue weighted by Crippen LogP contribution is 2.15. The van der Waals surface area contributed by atoms with Crippen LogP contribution in [-0.4, -0.2) is 21.7 Å². The quantitative estimate of drug-likeness (QED) is 0.843. The van der Waals surface area contributed by atoms with Crippen LogP contribution in [0, 0.1) is 10.5 Å². The van der Waals surface area contributed by atoms with Crippen molar-refractivity contribution in [2.45, 2.75) is 13.5 Å². The van der Waals surface area contributed by atoms with Crippen LogP contribution < -0.4 is 5.56 Å². The summed E-state index contributed by atoms with van der Waals surface area (Å²) in [4.78, 5) is 14.1. The number of halogens is 1. The van der Waals surface area contributed by atoms with Crippen molar-refractivity contribution in [3.8, 4) is 0 Å². The molecule has 0 atom stereocenters. The number of aryl methyl sites for hydroxylation is 1. The molecule has 15 heavy (non-hydrogen) atoms. The van der Waals surface area contributed by atoms with Crippen LogP contribution in [0.3, 0.4) is 0 Å². The molecule has 80 valence electrons. The third kappa shape index (κ3) is 1.78. The Hall–Kier alpha value is -0.890. The maximum Gasteiger partial charge on any atom is 0.251 e. The summed E-state index contributed by atoms with van der Waals surface area (Å²) in [5, 5.41) is 4.33. The highest BCUT2D eigenvalue weighted by molar-refractivity contribution is 14.1. The van der Waals surface area contributed by atoms with E-state index < -0.39 is 0 Å². The van der Waals surface area contributed by atoms with Gasteiger partial charge >= 0.3 is 0 Å². The Kier molecular flexibility index (Phi) is 2.79. The molecule has 0 saturated carbocycles. The lowest BCUT2D eigenvalue weighted by Gasteiger charge is -2.02. The number of hydrogen-bond donors (Lipinski definition) is 1. The molecule has 0 amide bonds. The molecule has 0 aliphatic rings. The molecule has 6 heteroatoms. The number of methoxy groups -OCH3 is 1. The fourth-order valence-corrected chi connectivity index (χ4v) is 1.91. The lowest BCUT2D eigenvalue weighted by molar-refractivity contribution is 0.179. The van der Waals surface area contributed by atoms with Crippen LogP contribution in [0.25, 0.3) is 5.65 Å². The van der Waals surface area contributed by atoms with Gasteiger partial charge in [-0.15, -0.1) is 0 Å². The second kappa shape index (κ2) is 3.93. The van der Waals surface area contributed by atoms with Crippen LogP contribution in [-0.2, 0) is 11.3 Å². The first-order chi connectivity index (χ1) is 7.13. The lowest BCUT2D eigenvalue weighted by Crippen LogP contribution is -2.12. The summed E-state index contributed by atoms with van der Waals surface area (Å²) in [6.07, 6.45) is 0. The van der Waals surface area contributed by atoms with E-state index in [0.29, 0.717) is 6.61 Å². The van der Waals surface area contributed by atoms with E-state index in [1.807, 2.05) is 6.92 Å². The van der Waals surface area contributed by atoms with E-state index in [9.17, 15) is 4.79 Å². The summed E-state index contributed by atoms with van der Waals surface area (Å²) in [6, 6.07) is 1.50. The van der Waals surface area contributed by atoms with Gasteiger partial charge in [-0.1, -0.05) is 0 Å². The number of ether oxygens (including phenoxy) is 1. The highest BCUT2D eigenvalue weighted by Gasteiger charge is 2.10. The summed E-state index contributed by atoms with van der Waals surface area (Å²) < 4.78 is 7.70. The Balaban J connectivity index is 2.80. The topological polar surface area (TPSA) is 59.4 Å². The van der Waals surface area contributed by atoms with Crippen molar-refractivity contribution in [1.29, 1.82) is 0 Å². The van der Waals surface area contributed by atoms with Gasteiger partial charge in [0.05, 0.1) is 21.6 Å². The van der Waals surface area contributed by atoms with E-state index in [4.69, 9.17) is 4.74 Å². The predicted octanol–water partition coefficient (Wildman–Crippen LogP) is 1.08. The molecular weight excluding hydrogens is 309 g/mol. The first-order valence-electron chi connectivity index (χ1n) is 4.39. The van der Waals surface area contributed by atoms with Gasteiger partial charge in [0, 0.05) is 13.2 Å². The Morgan fingerprint density at radius 2 is 2.40 bits per heavy atom. The van der Waals surface area contributed by atoms with E-state index in [0.717, 1.165) is 20.6 Å². The lowest BCUT2D eigenvalue weighted by atomic mass is 10.4. The minimum absolute atomic E-state index is 0.132. The standard InChI is InChI=1S/C9H10IN3O2/c1-5-8(10)9-11-7(14)3-6(4-15-2)13(9)12-5/h3H,4H2,1-2H3,(H,11,14). The molecule has 0 saturated heterocycles. The summed E-state index contributed by atoms with van der Waals surface area (Å²) in [6.45, 7) is 2.28. The molecule has 2 aromatic rings. The molecule has 0 unspecified atom stereocenters. The SMILES string of the molecule is COCc1cc(=O)[nH]c2c(I)c(C)nn12. The van der Waals surface area contributed by atoms with Crippen molar-refractivity contribution >= 4 is 28.2 Å². The summed E-state index contributed by atoms with van der Waals surface area (Å²) in [5.74, 6) is 0. The number of nitrogens with one attached hydrogen (secondary N) is 1. The van der Waals surface area contributed by atoms with Gasteiger partial charge in [0.25, 0.3) is 5.56 Å². The molecule has 2 rings (SSSR count). The fraction of sp³-hybridized carbons (Fsp3) is 0.333. The average Bonchev–Trinajstić information content (AvgIpc) is 2.46. The third-order valence-corrected chi connectivity index (χ3v) is 3.38. The van der Waals surface area contributed by atoms with Crippen LogP contribution >= 0.6 is 22.6 Å². The molecule has 0 aliphatic carbocycles. The van der Waals surface area contributed by atoms with Gasteiger partial charge in [-0.05, 0) is 29.5 Å². The zero-order valence-corrected chi connectivity index (χ0v) is 10.5. The van der Waals surface area contributed by atoms with E-state index >= 15 is 0 Å². The molecule has 2 aromatic heterocycles. The zero-order valence-electron chi connectivity index (χ0n) is 8.37. The Bertz CT molecular complexity index is 558. The Morgan fingerprint density at radius 3 is 3.07 bits per heavy atom. The van der Waals surface area contributed by atoms with Crippen molar-refractivity contribution in [1.82, 2.24) is 14.6 Å². The van der Waals surface area contributed by atoms with Gasteiger partial charge in [0.2, 0.25) is 0 Å². The van der Waals surface area contributed by atoms with E-state index in [1.165, 1.54) is 6.07 Å². The van der Waals surface area contributed by atoms with Crippen LogP contribution in [0.15, 0.2) is 10.9 Å². The van der Waals surface area contributed by atoms with Gasteiger partial charge in [0.1, 0.15) is 5.65 Å².